The maximum Gasteiger partial charge on any atom is 0.0502 e. The normalized spacial score (nSPS) is 15.5. The predicted octanol–water partition coefficient (Wildman–Crippen LogP) is 0.174. The van der Waals surface area contributed by atoms with Crippen LogP contribution in [0.2, 0.25) is 13.1 Å². The lowest BCUT2D eigenvalue weighted by Gasteiger charge is -2.03. The zero-order chi connectivity index (χ0) is 5.15. The minimum atomic E-state index is -0.577. The van der Waals surface area contributed by atoms with Crippen molar-refractivity contribution in [2.75, 3.05) is 0 Å². The molecule has 2 N–H and O–H groups in total. The van der Waals surface area contributed by atoms with Crippen molar-refractivity contribution in [3.05, 3.63) is 6.92 Å². The molecule has 0 saturated heterocycles. The second-order valence-corrected chi connectivity index (χ2v) is 5.25. The van der Waals surface area contributed by atoms with Crippen molar-refractivity contribution < 1.29 is 0 Å². The van der Waals surface area contributed by atoms with Crippen molar-refractivity contribution >= 4 is 8.80 Å². The Hall–Kier alpha value is 0.177. The highest BCUT2D eigenvalue weighted by atomic mass is 28.3. The summed E-state index contributed by atoms with van der Waals surface area (Å²) in [6.07, 6.45) is 0. The van der Waals surface area contributed by atoms with E-state index in [-0.39, 0.29) is 5.67 Å². The fraction of sp³-hybridized carbons (Fsp3) is 0.750. The minimum absolute atomic E-state index is 0.241. The second-order valence-electron chi connectivity index (χ2n) is 1.91. The summed E-state index contributed by atoms with van der Waals surface area (Å²) in [5, 5.41) is 0. The number of hydrogen-bond donors (Lipinski definition) is 1. The van der Waals surface area contributed by atoms with Crippen LogP contribution in [0.3, 0.4) is 0 Å². The number of hydrogen-bond acceptors (Lipinski definition) is 1. The van der Waals surface area contributed by atoms with Gasteiger partial charge in [0.2, 0.25) is 0 Å². The van der Waals surface area contributed by atoms with Crippen LogP contribution in [-0.2, 0) is 0 Å². The molecule has 0 spiro atoms. The van der Waals surface area contributed by atoms with Crippen molar-refractivity contribution in [1.29, 1.82) is 0 Å². The van der Waals surface area contributed by atoms with E-state index in [1.54, 1.807) is 0 Å². The first-order valence-electron chi connectivity index (χ1n) is 2.23. The van der Waals surface area contributed by atoms with E-state index >= 15 is 0 Å². The molecule has 1 radical (unpaired) electrons. The molecule has 0 aliphatic rings. The van der Waals surface area contributed by atoms with Gasteiger partial charge in [-0.3, -0.25) is 0 Å². The number of nitrogens with two attached hydrogens (primary N) is 1. The molecule has 2 heteroatoms. The Kier molecular flexibility index (Phi) is 2.44. The van der Waals surface area contributed by atoms with Crippen molar-refractivity contribution in [3.63, 3.8) is 0 Å². The Balaban J connectivity index is 2.99. The summed E-state index contributed by atoms with van der Waals surface area (Å²) in [5.74, 6) is 0. The van der Waals surface area contributed by atoms with Gasteiger partial charge in [0.25, 0.3) is 0 Å². The highest BCUT2D eigenvalue weighted by molar-refractivity contribution is 6.57. The topological polar surface area (TPSA) is 26.0 Å². The largest absolute Gasteiger partial charge is 0.331 e. The van der Waals surface area contributed by atoms with Gasteiger partial charge in [-0.15, -0.1) is 0 Å². The third-order valence-electron chi connectivity index (χ3n) is 0.856. The van der Waals surface area contributed by atoms with Gasteiger partial charge >= 0.3 is 0 Å². The minimum Gasteiger partial charge on any atom is -0.331 e. The molecular weight excluding hydrogens is 90.1 g/mol. The van der Waals surface area contributed by atoms with E-state index in [0.717, 1.165) is 0 Å². The van der Waals surface area contributed by atoms with Crippen LogP contribution in [0, 0.1) is 6.92 Å². The van der Waals surface area contributed by atoms with E-state index in [9.17, 15) is 0 Å². The molecule has 0 fully saturated rings. The van der Waals surface area contributed by atoms with Crippen LogP contribution in [-0.4, -0.2) is 14.5 Å². The maximum absolute atomic E-state index is 5.39. The summed E-state index contributed by atoms with van der Waals surface area (Å²) in [6.45, 7) is 8.06. The Morgan fingerprint density at radius 2 is 1.83 bits per heavy atom. The smallest absolute Gasteiger partial charge is 0.0502 e. The van der Waals surface area contributed by atoms with Crippen LogP contribution in [0.4, 0.5) is 0 Å². The zero-order valence-corrected chi connectivity index (χ0v) is 5.59. The van der Waals surface area contributed by atoms with Crippen LogP contribution in [0.5, 0.6) is 0 Å². The molecule has 0 saturated carbocycles. The van der Waals surface area contributed by atoms with Crippen molar-refractivity contribution in [2.24, 2.45) is 5.73 Å². The molecule has 0 heterocycles. The lowest BCUT2D eigenvalue weighted by atomic mass is 10.8. The van der Waals surface area contributed by atoms with Gasteiger partial charge in [-0.2, -0.15) is 0 Å². The van der Waals surface area contributed by atoms with Crippen molar-refractivity contribution in [1.82, 2.24) is 0 Å². The molecule has 1 nitrogen and oxygen atoms in total. The molecule has 0 aromatic heterocycles. The average molecular weight is 102 g/mol. The summed E-state index contributed by atoms with van der Waals surface area (Å²) in [5.41, 5.74) is 5.63. The molecule has 6 heavy (non-hydrogen) atoms. The first-order chi connectivity index (χ1) is 2.64. The lowest BCUT2D eigenvalue weighted by Crippen LogP contribution is -2.30. The Morgan fingerprint density at radius 1 is 1.67 bits per heavy atom. The van der Waals surface area contributed by atoms with E-state index in [2.05, 4.69) is 20.0 Å². The molecule has 1 unspecified atom stereocenters. The summed E-state index contributed by atoms with van der Waals surface area (Å²) < 4.78 is 0. The van der Waals surface area contributed by atoms with Gasteiger partial charge in [0.1, 0.15) is 0 Å². The molecule has 0 amide bonds. The van der Waals surface area contributed by atoms with E-state index in [4.69, 9.17) is 5.73 Å². The van der Waals surface area contributed by atoms with Gasteiger partial charge in [0.05, 0.1) is 8.80 Å². The van der Waals surface area contributed by atoms with Gasteiger partial charge in [-0.05, 0) is 12.6 Å². The summed E-state index contributed by atoms with van der Waals surface area (Å²) >= 11 is 0. The number of rotatable bonds is 1. The summed E-state index contributed by atoms with van der Waals surface area (Å²) in [6, 6.07) is 0. The molecule has 0 aromatic carbocycles. The molecule has 0 bridgehead atoms. The predicted molar refractivity (Wildman–Crippen MR) is 32.2 cm³/mol. The van der Waals surface area contributed by atoms with Gasteiger partial charge in [0.15, 0.2) is 0 Å². The van der Waals surface area contributed by atoms with Gasteiger partial charge in [-0.1, -0.05) is 13.1 Å². The highest BCUT2D eigenvalue weighted by Gasteiger charge is 1.98. The van der Waals surface area contributed by atoms with E-state index in [1.807, 2.05) is 0 Å². The SMILES string of the molecule is [CH2]C(N)[SiH](C)C. The Bertz CT molecular complexity index is 28.5. The van der Waals surface area contributed by atoms with Crippen molar-refractivity contribution in [2.45, 2.75) is 18.8 Å². The quantitative estimate of drug-likeness (QED) is 0.469. The van der Waals surface area contributed by atoms with Gasteiger partial charge < -0.3 is 5.73 Å². The molecular formula is C4H12NSi. The fourth-order valence-corrected chi connectivity index (χ4v) is 0. The average Bonchev–Trinajstić information content (AvgIpc) is 1.36. The summed E-state index contributed by atoms with van der Waals surface area (Å²) in [4.78, 5) is 0. The van der Waals surface area contributed by atoms with Crippen LogP contribution in [0.1, 0.15) is 0 Å². The van der Waals surface area contributed by atoms with Gasteiger partial charge in [-0.25, -0.2) is 0 Å². The second kappa shape index (κ2) is 2.37. The lowest BCUT2D eigenvalue weighted by molar-refractivity contribution is 1.11. The van der Waals surface area contributed by atoms with Crippen LogP contribution >= 0.6 is 0 Å². The fourth-order valence-electron chi connectivity index (χ4n) is 0. The maximum atomic E-state index is 5.39. The van der Waals surface area contributed by atoms with E-state index in [1.165, 1.54) is 0 Å². The first-order valence-corrected chi connectivity index (χ1v) is 5.21. The highest BCUT2D eigenvalue weighted by Crippen LogP contribution is 1.81. The molecule has 0 aliphatic carbocycles. The third-order valence-corrected chi connectivity index (χ3v) is 2.57. The molecule has 1 atom stereocenters. The van der Waals surface area contributed by atoms with Crippen molar-refractivity contribution in [3.8, 4) is 0 Å². The zero-order valence-electron chi connectivity index (χ0n) is 4.44. The van der Waals surface area contributed by atoms with Gasteiger partial charge in [0, 0.05) is 0 Å². The molecule has 0 rings (SSSR count). The van der Waals surface area contributed by atoms with E-state index < -0.39 is 8.80 Å². The van der Waals surface area contributed by atoms with E-state index in [0.29, 0.717) is 0 Å². The molecule has 0 aromatic rings. The standard InChI is InChI=1S/C4H12NSi/c1-4(5)6(2)3/h4,6H,1,5H2,2-3H3. The Labute approximate surface area is 41.2 Å². The monoisotopic (exact) mass is 102 g/mol. The van der Waals surface area contributed by atoms with Crippen LogP contribution < -0.4 is 5.73 Å². The Morgan fingerprint density at radius 3 is 1.83 bits per heavy atom. The third kappa shape index (κ3) is 2.42. The first kappa shape index (κ1) is 6.18. The van der Waals surface area contributed by atoms with Crippen LogP contribution in [0.15, 0.2) is 0 Å². The summed E-state index contributed by atoms with van der Waals surface area (Å²) in [7, 11) is -0.577. The molecule has 0 aliphatic heterocycles. The van der Waals surface area contributed by atoms with Crippen LogP contribution in [0.25, 0.3) is 0 Å². The molecule has 37 valence electrons.